The fourth-order valence-corrected chi connectivity index (χ4v) is 2.75. The lowest BCUT2D eigenvalue weighted by Gasteiger charge is -2.10. The quantitative estimate of drug-likeness (QED) is 0.873. The monoisotopic (exact) mass is 245 g/mol. The van der Waals surface area contributed by atoms with Crippen LogP contribution in [-0.2, 0) is 10.2 Å². The molecule has 2 aromatic rings. The highest BCUT2D eigenvalue weighted by Crippen LogP contribution is 2.52. The lowest BCUT2D eigenvalue weighted by atomic mass is 9.93. The lowest BCUT2D eigenvalue weighted by Crippen LogP contribution is -2.20. The second-order valence-corrected chi connectivity index (χ2v) is 4.92. The number of hydrogen-bond acceptors (Lipinski definition) is 2. The van der Waals surface area contributed by atoms with Crippen LogP contribution in [0.1, 0.15) is 24.1 Å². The van der Waals surface area contributed by atoms with E-state index in [1.54, 1.807) is 7.11 Å². The number of aryl methyl sites for hydroxylation is 1. The first-order valence-electron chi connectivity index (χ1n) is 5.99. The fourth-order valence-electron chi connectivity index (χ4n) is 2.75. The molecule has 0 aliphatic heterocycles. The van der Waals surface area contributed by atoms with Crippen LogP contribution in [0.2, 0.25) is 0 Å². The number of benzene rings is 1. The maximum absolute atomic E-state index is 11.5. The Hall–Kier alpha value is -1.97. The minimum Gasteiger partial charge on any atom is -0.497 e. The topological polar surface area (TPSA) is 62.3 Å². The number of methoxy groups -OCH3 is 1. The molecule has 94 valence electrons. The molecular formula is C14H15NO3. The van der Waals surface area contributed by atoms with Gasteiger partial charge in [0.05, 0.1) is 12.5 Å². The Morgan fingerprint density at radius 2 is 2.17 bits per heavy atom. The van der Waals surface area contributed by atoms with E-state index in [-0.39, 0.29) is 0 Å². The molecule has 1 aromatic carbocycles. The molecule has 0 bridgehead atoms. The minimum atomic E-state index is -0.720. The summed E-state index contributed by atoms with van der Waals surface area (Å²) in [5.74, 6) is 0.0535. The van der Waals surface area contributed by atoms with Crippen molar-refractivity contribution in [2.24, 2.45) is 0 Å². The molecule has 1 fully saturated rings. The summed E-state index contributed by atoms with van der Waals surface area (Å²) in [7, 11) is 1.62. The molecule has 1 saturated carbocycles. The van der Waals surface area contributed by atoms with Gasteiger partial charge in [-0.25, -0.2) is 0 Å². The van der Waals surface area contributed by atoms with Crippen molar-refractivity contribution in [3.63, 3.8) is 0 Å². The number of rotatable bonds is 3. The number of carboxylic acids is 1. The molecular weight excluding hydrogens is 230 g/mol. The number of fused-ring (bicyclic) bond motifs is 1. The molecule has 0 atom stereocenters. The second kappa shape index (κ2) is 3.51. The lowest BCUT2D eigenvalue weighted by molar-refractivity contribution is -0.140. The molecule has 1 heterocycles. The SMILES string of the molecule is COc1ccc2c(C3(C(=O)O)CC3)c(C)[nH]c2c1. The molecule has 1 aromatic heterocycles. The van der Waals surface area contributed by atoms with Crippen molar-refractivity contribution >= 4 is 16.9 Å². The minimum absolute atomic E-state index is 0.670. The van der Waals surface area contributed by atoms with E-state index in [2.05, 4.69) is 4.98 Å². The number of nitrogens with one attached hydrogen (secondary N) is 1. The van der Waals surface area contributed by atoms with Crippen LogP contribution in [0.3, 0.4) is 0 Å². The Morgan fingerprint density at radius 3 is 2.72 bits per heavy atom. The van der Waals surface area contributed by atoms with Crippen molar-refractivity contribution in [3.8, 4) is 5.75 Å². The van der Waals surface area contributed by atoms with E-state index in [0.29, 0.717) is 0 Å². The molecule has 1 aliphatic carbocycles. The van der Waals surface area contributed by atoms with Gasteiger partial charge in [0.2, 0.25) is 0 Å². The van der Waals surface area contributed by atoms with Gasteiger partial charge in [0.15, 0.2) is 0 Å². The van der Waals surface area contributed by atoms with Crippen LogP contribution in [0.5, 0.6) is 5.75 Å². The Labute approximate surface area is 105 Å². The third-order valence-corrected chi connectivity index (χ3v) is 3.83. The highest BCUT2D eigenvalue weighted by molar-refractivity contribution is 5.95. The average molecular weight is 245 g/mol. The normalized spacial score (nSPS) is 16.8. The van der Waals surface area contributed by atoms with Gasteiger partial charge in [-0.3, -0.25) is 4.79 Å². The van der Waals surface area contributed by atoms with E-state index in [9.17, 15) is 9.90 Å². The van der Waals surface area contributed by atoms with E-state index < -0.39 is 11.4 Å². The summed E-state index contributed by atoms with van der Waals surface area (Å²) in [5.41, 5.74) is 2.15. The predicted octanol–water partition coefficient (Wildman–Crippen LogP) is 2.60. The maximum Gasteiger partial charge on any atom is 0.314 e. The summed E-state index contributed by atoms with van der Waals surface area (Å²) in [5, 5.41) is 10.4. The summed E-state index contributed by atoms with van der Waals surface area (Å²) in [6, 6.07) is 5.72. The van der Waals surface area contributed by atoms with Crippen LogP contribution >= 0.6 is 0 Å². The first kappa shape index (κ1) is 11.1. The number of carboxylic acid groups (broad SMARTS) is 1. The number of ether oxygens (including phenoxy) is 1. The first-order chi connectivity index (χ1) is 8.58. The summed E-state index contributed by atoms with van der Waals surface area (Å²) >= 11 is 0. The smallest absolute Gasteiger partial charge is 0.314 e. The van der Waals surface area contributed by atoms with Crippen molar-refractivity contribution in [1.29, 1.82) is 0 Å². The number of aromatic amines is 1. The van der Waals surface area contributed by atoms with Crippen molar-refractivity contribution < 1.29 is 14.6 Å². The van der Waals surface area contributed by atoms with Crippen LogP contribution < -0.4 is 4.74 Å². The average Bonchev–Trinajstić information content (AvgIpc) is 3.07. The van der Waals surface area contributed by atoms with Gasteiger partial charge in [-0.05, 0) is 37.5 Å². The molecule has 0 spiro atoms. The van der Waals surface area contributed by atoms with E-state index in [0.717, 1.165) is 40.8 Å². The van der Waals surface area contributed by atoms with Gasteiger partial charge in [0, 0.05) is 22.7 Å². The molecule has 2 N–H and O–H groups in total. The van der Waals surface area contributed by atoms with Gasteiger partial charge in [0.25, 0.3) is 0 Å². The molecule has 0 radical (unpaired) electrons. The maximum atomic E-state index is 11.5. The Balaban J connectivity index is 2.24. The van der Waals surface area contributed by atoms with Gasteiger partial charge in [-0.15, -0.1) is 0 Å². The zero-order valence-electron chi connectivity index (χ0n) is 10.4. The third kappa shape index (κ3) is 1.35. The third-order valence-electron chi connectivity index (χ3n) is 3.83. The number of carbonyl (C=O) groups is 1. The van der Waals surface area contributed by atoms with Crippen LogP contribution in [0, 0.1) is 6.92 Å². The molecule has 4 nitrogen and oxygen atoms in total. The molecule has 0 amide bonds. The second-order valence-electron chi connectivity index (χ2n) is 4.92. The zero-order chi connectivity index (χ0) is 12.9. The van der Waals surface area contributed by atoms with Crippen LogP contribution in [0.15, 0.2) is 18.2 Å². The van der Waals surface area contributed by atoms with Gasteiger partial charge in [0.1, 0.15) is 5.75 Å². The molecule has 18 heavy (non-hydrogen) atoms. The molecule has 0 saturated heterocycles. The van der Waals surface area contributed by atoms with E-state index in [1.165, 1.54) is 0 Å². The zero-order valence-corrected chi connectivity index (χ0v) is 10.4. The van der Waals surface area contributed by atoms with Crippen LogP contribution in [0.25, 0.3) is 10.9 Å². The van der Waals surface area contributed by atoms with Crippen molar-refractivity contribution in [3.05, 3.63) is 29.5 Å². The van der Waals surface area contributed by atoms with E-state index in [1.807, 2.05) is 25.1 Å². The predicted molar refractivity (Wildman–Crippen MR) is 68.1 cm³/mol. The van der Waals surface area contributed by atoms with E-state index in [4.69, 9.17) is 4.74 Å². The van der Waals surface area contributed by atoms with Gasteiger partial charge < -0.3 is 14.8 Å². The Bertz CT molecular complexity index is 638. The number of hydrogen-bond donors (Lipinski definition) is 2. The summed E-state index contributed by atoms with van der Waals surface area (Å²) < 4.78 is 5.18. The Morgan fingerprint density at radius 1 is 1.44 bits per heavy atom. The molecule has 0 unspecified atom stereocenters. The number of aromatic nitrogens is 1. The summed E-state index contributed by atoms with van der Waals surface area (Å²) in [4.78, 5) is 14.7. The van der Waals surface area contributed by atoms with Crippen LogP contribution in [0.4, 0.5) is 0 Å². The van der Waals surface area contributed by atoms with E-state index >= 15 is 0 Å². The number of aliphatic carboxylic acids is 1. The van der Waals surface area contributed by atoms with Crippen molar-refractivity contribution in [2.75, 3.05) is 7.11 Å². The molecule has 1 aliphatic rings. The summed E-state index contributed by atoms with van der Waals surface area (Å²) in [6.45, 7) is 1.94. The molecule has 4 heteroatoms. The standard InChI is InChI=1S/C14H15NO3/c1-8-12(14(5-6-14)13(16)17)10-4-3-9(18-2)7-11(10)15-8/h3-4,7,15H,5-6H2,1-2H3,(H,16,17). The Kier molecular flexibility index (Phi) is 2.17. The van der Waals surface area contributed by atoms with Gasteiger partial charge in [-0.2, -0.15) is 0 Å². The first-order valence-corrected chi connectivity index (χ1v) is 5.99. The van der Waals surface area contributed by atoms with Crippen molar-refractivity contribution in [2.45, 2.75) is 25.2 Å². The van der Waals surface area contributed by atoms with Crippen molar-refractivity contribution in [1.82, 2.24) is 4.98 Å². The highest BCUT2D eigenvalue weighted by atomic mass is 16.5. The largest absolute Gasteiger partial charge is 0.497 e. The highest BCUT2D eigenvalue weighted by Gasteiger charge is 2.53. The van der Waals surface area contributed by atoms with Crippen LogP contribution in [-0.4, -0.2) is 23.2 Å². The van der Waals surface area contributed by atoms with Gasteiger partial charge in [-0.1, -0.05) is 0 Å². The van der Waals surface area contributed by atoms with Gasteiger partial charge >= 0.3 is 5.97 Å². The summed E-state index contributed by atoms with van der Waals surface area (Å²) in [6.07, 6.45) is 1.45. The fraction of sp³-hybridized carbons (Fsp3) is 0.357. The number of H-pyrrole nitrogens is 1. The molecule has 3 rings (SSSR count).